The number of fused-ring (bicyclic) bond motifs is 3. The Balaban J connectivity index is 1.42. The lowest BCUT2D eigenvalue weighted by atomic mass is 9.97. The second-order valence-electron chi connectivity index (χ2n) is 7.25. The van der Waals surface area contributed by atoms with Crippen LogP contribution in [-0.2, 0) is 25.1 Å². The monoisotopic (exact) mass is 457 g/mol. The lowest BCUT2D eigenvalue weighted by molar-refractivity contribution is 0.687. The molecule has 1 aliphatic carbocycles. The van der Waals surface area contributed by atoms with Crippen LogP contribution in [0.15, 0.2) is 34.2 Å². The number of halogens is 1. The summed E-state index contributed by atoms with van der Waals surface area (Å²) in [6.07, 6.45) is 4.40. The van der Waals surface area contributed by atoms with E-state index in [2.05, 4.69) is 26.7 Å². The van der Waals surface area contributed by atoms with Crippen molar-refractivity contribution in [1.29, 1.82) is 0 Å². The van der Waals surface area contributed by atoms with Crippen LogP contribution in [0.25, 0.3) is 21.6 Å². The van der Waals surface area contributed by atoms with Gasteiger partial charge in [-0.2, -0.15) is 0 Å². The van der Waals surface area contributed by atoms with Gasteiger partial charge in [0, 0.05) is 22.0 Å². The average molecular weight is 458 g/mol. The number of nitrogens with zero attached hydrogens (tertiary/aromatic N) is 4. The molecule has 0 spiro atoms. The van der Waals surface area contributed by atoms with Crippen molar-refractivity contribution < 1.29 is 0 Å². The Hall–Kier alpha value is -2.16. The van der Waals surface area contributed by atoms with Crippen LogP contribution in [0.1, 0.15) is 36.0 Å². The maximum atomic E-state index is 12.7. The first kappa shape index (κ1) is 19.8. The highest BCUT2D eigenvalue weighted by Gasteiger charge is 2.20. The maximum Gasteiger partial charge on any atom is 0.259 e. The van der Waals surface area contributed by atoms with E-state index in [1.165, 1.54) is 28.6 Å². The first-order chi connectivity index (χ1) is 14.6. The zero-order valence-electron chi connectivity index (χ0n) is 16.4. The van der Waals surface area contributed by atoms with Crippen molar-refractivity contribution >= 4 is 44.9 Å². The quantitative estimate of drug-likeness (QED) is 0.422. The van der Waals surface area contributed by atoms with E-state index in [1.807, 2.05) is 24.3 Å². The van der Waals surface area contributed by atoms with Gasteiger partial charge in [-0.3, -0.25) is 4.79 Å². The molecule has 0 radical (unpaired) electrons. The molecule has 4 aromatic rings. The van der Waals surface area contributed by atoms with E-state index in [1.54, 1.807) is 11.3 Å². The van der Waals surface area contributed by atoms with Gasteiger partial charge in [0.2, 0.25) is 0 Å². The molecule has 1 N–H and O–H groups in total. The number of thiophene rings is 1. The van der Waals surface area contributed by atoms with Crippen LogP contribution >= 0.6 is 34.7 Å². The van der Waals surface area contributed by atoms with Crippen molar-refractivity contribution in [2.45, 2.75) is 50.1 Å². The highest BCUT2D eigenvalue weighted by atomic mass is 35.5. The molecule has 0 saturated carbocycles. The second kappa shape index (κ2) is 8.17. The van der Waals surface area contributed by atoms with Crippen molar-refractivity contribution in [3.8, 4) is 11.4 Å². The molecule has 3 heterocycles. The van der Waals surface area contributed by atoms with Gasteiger partial charge in [0.1, 0.15) is 10.7 Å². The fraction of sp³-hybridized carbons (Fsp3) is 0.333. The van der Waals surface area contributed by atoms with Crippen LogP contribution < -0.4 is 5.56 Å². The van der Waals surface area contributed by atoms with Crippen LogP contribution in [0.5, 0.6) is 0 Å². The van der Waals surface area contributed by atoms with Crippen LogP contribution in [0.4, 0.5) is 0 Å². The summed E-state index contributed by atoms with van der Waals surface area (Å²) in [4.78, 5) is 22.7. The Kier molecular flexibility index (Phi) is 5.39. The second-order valence-corrected chi connectivity index (χ2v) is 9.71. The number of hydrogen-bond donors (Lipinski definition) is 1. The molecule has 154 valence electrons. The van der Waals surface area contributed by atoms with Gasteiger partial charge in [0.15, 0.2) is 11.0 Å². The Morgan fingerprint density at radius 1 is 1.20 bits per heavy atom. The molecule has 0 bridgehead atoms. The zero-order chi connectivity index (χ0) is 20.7. The van der Waals surface area contributed by atoms with E-state index >= 15 is 0 Å². The molecule has 9 heteroatoms. The molecule has 5 rings (SSSR count). The van der Waals surface area contributed by atoms with Gasteiger partial charge in [0.05, 0.1) is 11.1 Å². The number of benzene rings is 1. The number of aromatic amines is 1. The molecular formula is C21H20ClN5OS2. The Morgan fingerprint density at radius 2 is 2.00 bits per heavy atom. The predicted octanol–water partition coefficient (Wildman–Crippen LogP) is 5.09. The van der Waals surface area contributed by atoms with Gasteiger partial charge in [-0.05, 0) is 62.4 Å². The van der Waals surface area contributed by atoms with E-state index in [4.69, 9.17) is 16.6 Å². The molecule has 30 heavy (non-hydrogen) atoms. The summed E-state index contributed by atoms with van der Waals surface area (Å²) in [6.45, 7) is 2.81. The zero-order valence-corrected chi connectivity index (χ0v) is 18.8. The molecule has 6 nitrogen and oxygen atoms in total. The minimum absolute atomic E-state index is 0.0196. The molecule has 0 fully saturated rings. The summed E-state index contributed by atoms with van der Waals surface area (Å²) in [5.74, 6) is 2.02. The summed E-state index contributed by atoms with van der Waals surface area (Å²) >= 11 is 9.21. The third-order valence-corrected chi connectivity index (χ3v) is 7.76. The first-order valence-corrected chi connectivity index (χ1v) is 12.2. The molecule has 0 saturated heterocycles. The Morgan fingerprint density at radius 3 is 2.80 bits per heavy atom. The lowest BCUT2D eigenvalue weighted by Crippen LogP contribution is -2.12. The minimum Gasteiger partial charge on any atom is -0.309 e. The first-order valence-electron chi connectivity index (χ1n) is 9.99. The number of thioether (sulfide) groups is 1. The standard InChI is InChI=1S/C21H20ClN5OS2/c1-2-27-18(12-7-9-13(22)10-8-12)25-26-21(27)29-11-16-23-19(28)17-14-5-3-4-6-15(14)30-20(17)24-16/h7-10H,2-6,11H2,1H3,(H,23,24,28). The highest BCUT2D eigenvalue weighted by molar-refractivity contribution is 7.98. The van der Waals surface area contributed by atoms with Gasteiger partial charge >= 0.3 is 0 Å². The highest BCUT2D eigenvalue weighted by Crippen LogP contribution is 2.34. The van der Waals surface area contributed by atoms with Crippen LogP contribution in [-0.4, -0.2) is 24.7 Å². The largest absolute Gasteiger partial charge is 0.309 e. The van der Waals surface area contributed by atoms with E-state index in [0.717, 1.165) is 52.6 Å². The van der Waals surface area contributed by atoms with E-state index in [9.17, 15) is 4.79 Å². The van der Waals surface area contributed by atoms with Crippen molar-refractivity contribution in [1.82, 2.24) is 24.7 Å². The van der Waals surface area contributed by atoms with Crippen LogP contribution in [0.2, 0.25) is 5.02 Å². The summed E-state index contributed by atoms with van der Waals surface area (Å²) in [5.41, 5.74) is 2.17. The lowest BCUT2D eigenvalue weighted by Gasteiger charge is -2.09. The molecule has 1 aromatic carbocycles. The van der Waals surface area contributed by atoms with E-state index in [0.29, 0.717) is 16.6 Å². The van der Waals surface area contributed by atoms with Crippen LogP contribution in [0, 0.1) is 0 Å². The SMILES string of the molecule is CCn1c(SCc2nc3sc4c(c3c(=O)[nH]2)CCCC4)nnc1-c1ccc(Cl)cc1. The molecule has 1 aliphatic rings. The number of aromatic nitrogens is 5. The number of aryl methyl sites for hydroxylation is 2. The molecule has 0 unspecified atom stereocenters. The number of rotatable bonds is 5. The normalized spacial score (nSPS) is 13.7. The fourth-order valence-corrected chi connectivity index (χ4v) is 6.18. The van der Waals surface area contributed by atoms with Crippen molar-refractivity contribution in [3.63, 3.8) is 0 Å². The average Bonchev–Trinajstić information content (AvgIpc) is 3.33. The summed E-state index contributed by atoms with van der Waals surface area (Å²) < 4.78 is 2.06. The Labute approximate surface area is 186 Å². The molecular weight excluding hydrogens is 438 g/mol. The van der Waals surface area contributed by atoms with Gasteiger partial charge in [-0.15, -0.1) is 21.5 Å². The maximum absolute atomic E-state index is 12.7. The number of H-pyrrole nitrogens is 1. The number of nitrogens with one attached hydrogen (secondary N) is 1. The van der Waals surface area contributed by atoms with Crippen molar-refractivity contribution in [3.05, 3.63) is 55.9 Å². The summed E-state index contributed by atoms with van der Waals surface area (Å²) in [6, 6.07) is 7.59. The van der Waals surface area contributed by atoms with Gasteiger partial charge in [-0.1, -0.05) is 23.4 Å². The van der Waals surface area contributed by atoms with Gasteiger partial charge in [0.25, 0.3) is 5.56 Å². The third-order valence-electron chi connectivity index (χ3n) is 5.35. The topological polar surface area (TPSA) is 76.5 Å². The summed E-state index contributed by atoms with van der Waals surface area (Å²) in [7, 11) is 0. The smallest absolute Gasteiger partial charge is 0.259 e. The van der Waals surface area contributed by atoms with Crippen molar-refractivity contribution in [2.75, 3.05) is 0 Å². The summed E-state index contributed by atoms with van der Waals surface area (Å²) in [5, 5.41) is 11.0. The van der Waals surface area contributed by atoms with Gasteiger partial charge < -0.3 is 9.55 Å². The predicted molar refractivity (Wildman–Crippen MR) is 123 cm³/mol. The molecule has 3 aromatic heterocycles. The third kappa shape index (κ3) is 3.57. The molecule has 0 amide bonds. The van der Waals surface area contributed by atoms with Crippen molar-refractivity contribution in [2.24, 2.45) is 0 Å². The Bertz CT molecular complexity index is 1280. The molecule has 0 aliphatic heterocycles. The fourth-order valence-electron chi connectivity index (χ4n) is 3.90. The minimum atomic E-state index is -0.0196. The van der Waals surface area contributed by atoms with E-state index < -0.39 is 0 Å². The number of hydrogen-bond acceptors (Lipinski definition) is 6. The van der Waals surface area contributed by atoms with Crippen LogP contribution in [0.3, 0.4) is 0 Å². The molecule has 0 atom stereocenters. The van der Waals surface area contributed by atoms with Gasteiger partial charge in [-0.25, -0.2) is 4.98 Å². The van der Waals surface area contributed by atoms with E-state index in [-0.39, 0.29) is 5.56 Å².